The molecule has 2 aromatic rings. The van der Waals surface area contributed by atoms with Gasteiger partial charge in [-0.15, -0.1) is 11.3 Å². The van der Waals surface area contributed by atoms with Crippen molar-refractivity contribution in [3.05, 3.63) is 10.9 Å². The number of rotatable bonds is 4. The van der Waals surface area contributed by atoms with Gasteiger partial charge in [0.2, 0.25) is 5.95 Å². The second-order valence-electron chi connectivity index (χ2n) is 5.21. The first kappa shape index (κ1) is 14.7. The van der Waals surface area contributed by atoms with E-state index in [1.54, 1.807) is 11.3 Å². The van der Waals surface area contributed by atoms with Crippen LogP contribution in [0.3, 0.4) is 0 Å². The van der Waals surface area contributed by atoms with Crippen molar-refractivity contribution in [2.75, 3.05) is 41.4 Å². The summed E-state index contributed by atoms with van der Waals surface area (Å²) in [4.78, 5) is 13.8. The zero-order valence-corrected chi connectivity index (χ0v) is 14.0. The van der Waals surface area contributed by atoms with Gasteiger partial charge in [0.05, 0.1) is 5.39 Å². The molecule has 1 aliphatic heterocycles. The molecule has 0 spiro atoms. The molecule has 1 saturated heterocycles. The predicted octanol–water partition coefficient (Wildman–Crippen LogP) is 2.39. The van der Waals surface area contributed by atoms with Crippen LogP contribution in [0.15, 0.2) is 6.07 Å². The van der Waals surface area contributed by atoms with Crippen molar-refractivity contribution in [1.82, 2.24) is 9.97 Å². The molecule has 5 nitrogen and oxygen atoms in total. The quantitative estimate of drug-likeness (QED) is 0.936. The smallest absolute Gasteiger partial charge is 0.226 e. The van der Waals surface area contributed by atoms with E-state index < -0.39 is 10.8 Å². The first-order valence-electron chi connectivity index (χ1n) is 7.29. The molecule has 1 fully saturated rings. The molecule has 7 heteroatoms. The van der Waals surface area contributed by atoms with E-state index in [4.69, 9.17) is 4.98 Å². The molecule has 21 heavy (non-hydrogen) atoms. The fraction of sp³-hybridized carbons (Fsp3) is 0.571. The maximum Gasteiger partial charge on any atom is 0.226 e. The molecule has 0 aliphatic carbocycles. The normalized spacial score (nSPS) is 16.6. The lowest BCUT2D eigenvalue weighted by Crippen LogP contribution is -2.38. The van der Waals surface area contributed by atoms with E-state index in [2.05, 4.69) is 35.1 Å². The molecular weight excluding hydrogens is 304 g/mol. The van der Waals surface area contributed by atoms with Crippen LogP contribution in [-0.2, 0) is 10.8 Å². The zero-order chi connectivity index (χ0) is 14.8. The minimum Gasteiger partial charge on any atom is -0.354 e. The third-order valence-electron chi connectivity index (χ3n) is 3.51. The van der Waals surface area contributed by atoms with Crippen molar-refractivity contribution in [3.63, 3.8) is 0 Å². The molecule has 1 N–H and O–H groups in total. The molecule has 0 atom stereocenters. The molecule has 0 unspecified atom stereocenters. The van der Waals surface area contributed by atoms with E-state index in [1.807, 2.05) is 0 Å². The Morgan fingerprint density at radius 3 is 2.86 bits per heavy atom. The van der Waals surface area contributed by atoms with Gasteiger partial charge in [-0.25, -0.2) is 4.98 Å². The van der Waals surface area contributed by atoms with E-state index in [1.165, 1.54) is 4.88 Å². The molecule has 0 radical (unpaired) electrons. The van der Waals surface area contributed by atoms with Crippen molar-refractivity contribution in [1.29, 1.82) is 0 Å². The van der Waals surface area contributed by atoms with E-state index in [-0.39, 0.29) is 0 Å². The van der Waals surface area contributed by atoms with Crippen LogP contribution in [0.1, 0.15) is 18.2 Å². The number of hydrogen-bond acceptors (Lipinski definition) is 6. The Labute approximate surface area is 131 Å². The highest BCUT2D eigenvalue weighted by Gasteiger charge is 2.20. The first-order chi connectivity index (χ1) is 10.2. The van der Waals surface area contributed by atoms with Crippen molar-refractivity contribution in [2.24, 2.45) is 0 Å². The molecule has 0 bridgehead atoms. The molecule has 3 heterocycles. The van der Waals surface area contributed by atoms with Gasteiger partial charge < -0.3 is 10.2 Å². The zero-order valence-electron chi connectivity index (χ0n) is 12.4. The number of nitrogens with one attached hydrogen (secondary N) is 1. The minimum absolute atomic E-state index is 0.671. The molecule has 3 rings (SSSR count). The van der Waals surface area contributed by atoms with Crippen LogP contribution in [0.2, 0.25) is 0 Å². The number of aromatic nitrogens is 2. The lowest BCUT2D eigenvalue weighted by atomic mass is 10.3. The average molecular weight is 324 g/mol. The van der Waals surface area contributed by atoms with Crippen molar-refractivity contribution < 1.29 is 4.21 Å². The predicted molar refractivity (Wildman–Crippen MR) is 91.0 cm³/mol. The summed E-state index contributed by atoms with van der Waals surface area (Å²) < 4.78 is 11.6. The fourth-order valence-electron chi connectivity index (χ4n) is 2.43. The summed E-state index contributed by atoms with van der Waals surface area (Å²) in [5, 5.41) is 4.40. The van der Waals surface area contributed by atoms with E-state index in [9.17, 15) is 4.21 Å². The maximum absolute atomic E-state index is 11.6. The van der Waals surface area contributed by atoms with Crippen LogP contribution in [0.25, 0.3) is 10.2 Å². The number of nitrogens with zero attached hydrogens (tertiary/aromatic N) is 3. The highest BCUT2D eigenvalue weighted by Crippen LogP contribution is 2.32. The highest BCUT2D eigenvalue weighted by molar-refractivity contribution is 7.85. The number of aryl methyl sites for hydroxylation is 1. The summed E-state index contributed by atoms with van der Waals surface area (Å²) >= 11 is 1.70. The standard InChI is InChI=1S/C14H20N4OS2/c1-3-4-15-14-16-12(18-5-7-21(19)8-6-18)11-9-10(2)20-13(11)17-14/h9H,3-8H2,1-2H3,(H,15,16,17). The molecule has 0 saturated carbocycles. The van der Waals surface area contributed by atoms with Gasteiger partial charge in [-0.05, 0) is 19.4 Å². The highest BCUT2D eigenvalue weighted by atomic mass is 32.2. The maximum atomic E-state index is 11.6. The minimum atomic E-state index is -0.671. The molecule has 114 valence electrons. The summed E-state index contributed by atoms with van der Waals surface area (Å²) in [5.74, 6) is 3.14. The Balaban J connectivity index is 1.99. The first-order valence-corrected chi connectivity index (χ1v) is 9.60. The van der Waals surface area contributed by atoms with Gasteiger partial charge in [0.1, 0.15) is 10.6 Å². The average Bonchev–Trinajstić information content (AvgIpc) is 2.85. The summed E-state index contributed by atoms with van der Waals surface area (Å²) in [6.45, 7) is 6.71. The number of thiophene rings is 1. The number of anilines is 2. The van der Waals surface area contributed by atoms with Crippen molar-refractivity contribution in [3.8, 4) is 0 Å². The summed E-state index contributed by atoms with van der Waals surface area (Å²) in [5.41, 5.74) is 0. The fourth-order valence-corrected chi connectivity index (χ4v) is 4.36. The van der Waals surface area contributed by atoms with Gasteiger partial charge in [0.25, 0.3) is 0 Å². The molecule has 0 amide bonds. The SMILES string of the molecule is CCCNc1nc(N2CCS(=O)CC2)c2cc(C)sc2n1. The summed E-state index contributed by atoms with van der Waals surface area (Å²) in [6, 6.07) is 2.16. The van der Waals surface area contributed by atoms with Gasteiger partial charge in [0, 0.05) is 46.8 Å². The van der Waals surface area contributed by atoms with Crippen LogP contribution in [0, 0.1) is 6.92 Å². The van der Waals surface area contributed by atoms with E-state index in [0.717, 1.165) is 53.6 Å². The Bertz CT molecular complexity index is 660. The van der Waals surface area contributed by atoms with Gasteiger partial charge in [0.15, 0.2) is 0 Å². The Hall–Kier alpha value is -1.21. The Morgan fingerprint density at radius 1 is 1.38 bits per heavy atom. The van der Waals surface area contributed by atoms with Crippen LogP contribution in [0.4, 0.5) is 11.8 Å². The van der Waals surface area contributed by atoms with E-state index >= 15 is 0 Å². The third kappa shape index (κ3) is 3.18. The van der Waals surface area contributed by atoms with Gasteiger partial charge in [-0.3, -0.25) is 4.21 Å². The van der Waals surface area contributed by atoms with Crippen LogP contribution < -0.4 is 10.2 Å². The Morgan fingerprint density at radius 2 is 2.14 bits per heavy atom. The summed E-state index contributed by atoms with van der Waals surface area (Å²) in [6.07, 6.45) is 1.04. The van der Waals surface area contributed by atoms with E-state index in [0.29, 0.717) is 5.95 Å². The van der Waals surface area contributed by atoms with Crippen molar-refractivity contribution in [2.45, 2.75) is 20.3 Å². The van der Waals surface area contributed by atoms with Crippen molar-refractivity contribution >= 4 is 44.1 Å². The third-order valence-corrected chi connectivity index (χ3v) is 5.73. The molecule has 1 aliphatic rings. The van der Waals surface area contributed by atoms with Gasteiger partial charge in [-0.1, -0.05) is 6.92 Å². The monoisotopic (exact) mass is 324 g/mol. The van der Waals surface area contributed by atoms with Crippen LogP contribution in [-0.4, -0.2) is 45.3 Å². The topological polar surface area (TPSA) is 58.1 Å². The lowest BCUT2D eigenvalue weighted by molar-refractivity contribution is 0.672. The number of hydrogen-bond donors (Lipinski definition) is 1. The van der Waals surface area contributed by atoms with Gasteiger partial charge >= 0.3 is 0 Å². The van der Waals surface area contributed by atoms with Crippen LogP contribution in [0.5, 0.6) is 0 Å². The van der Waals surface area contributed by atoms with Gasteiger partial charge in [-0.2, -0.15) is 4.98 Å². The second-order valence-corrected chi connectivity index (χ2v) is 8.14. The van der Waals surface area contributed by atoms with Crippen LogP contribution >= 0.6 is 11.3 Å². The second kappa shape index (κ2) is 6.27. The lowest BCUT2D eigenvalue weighted by Gasteiger charge is -2.28. The largest absolute Gasteiger partial charge is 0.354 e. The molecular formula is C14H20N4OS2. The summed E-state index contributed by atoms with van der Waals surface area (Å²) in [7, 11) is -0.671. The Kier molecular flexibility index (Phi) is 4.40. The number of fused-ring (bicyclic) bond motifs is 1. The molecule has 2 aromatic heterocycles. The molecule has 0 aromatic carbocycles.